The molecule has 116 valence electrons. The summed E-state index contributed by atoms with van der Waals surface area (Å²) in [4.78, 5) is 0.533. The van der Waals surface area contributed by atoms with E-state index < -0.39 is 9.84 Å². The topological polar surface area (TPSA) is 46.2 Å². The molecule has 1 N–H and O–H groups in total. The highest BCUT2D eigenvalue weighted by atomic mass is 32.2. The van der Waals surface area contributed by atoms with Gasteiger partial charge < -0.3 is 5.32 Å². The lowest BCUT2D eigenvalue weighted by Gasteiger charge is -2.36. The van der Waals surface area contributed by atoms with Crippen molar-refractivity contribution >= 4 is 9.84 Å². The third-order valence-electron chi connectivity index (χ3n) is 5.34. The first-order valence-corrected chi connectivity index (χ1v) is 9.70. The predicted molar refractivity (Wildman–Crippen MR) is 85.0 cm³/mol. The SMILES string of the molecule is CC1CCC(NC2CCS(=O)(=O)c3ccccc32)CC1C. The molecule has 0 bridgehead atoms. The number of hydrogen-bond acceptors (Lipinski definition) is 3. The first kappa shape index (κ1) is 15.0. The van der Waals surface area contributed by atoms with Crippen LogP contribution in [0.25, 0.3) is 0 Å². The van der Waals surface area contributed by atoms with Crippen LogP contribution in [0.2, 0.25) is 0 Å². The molecule has 2 aliphatic rings. The van der Waals surface area contributed by atoms with Crippen molar-refractivity contribution < 1.29 is 8.42 Å². The van der Waals surface area contributed by atoms with Crippen molar-refractivity contribution in [3.8, 4) is 0 Å². The first-order chi connectivity index (χ1) is 9.97. The molecule has 0 saturated heterocycles. The van der Waals surface area contributed by atoms with Crippen molar-refractivity contribution in [2.45, 2.75) is 56.5 Å². The molecule has 1 saturated carbocycles. The second-order valence-corrected chi connectivity index (χ2v) is 8.91. The summed E-state index contributed by atoms with van der Waals surface area (Å²) in [5.41, 5.74) is 0.968. The monoisotopic (exact) mass is 307 g/mol. The number of nitrogens with one attached hydrogen (secondary N) is 1. The highest BCUT2D eigenvalue weighted by Crippen LogP contribution is 2.35. The zero-order valence-electron chi connectivity index (χ0n) is 12.9. The highest BCUT2D eigenvalue weighted by Gasteiger charge is 2.32. The van der Waals surface area contributed by atoms with E-state index in [1.54, 1.807) is 6.07 Å². The molecule has 21 heavy (non-hydrogen) atoms. The fraction of sp³-hybridized carbons (Fsp3) is 0.647. The van der Waals surface area contributed by atoms with Crippen molar-refractivity contribution in [1.29, 1.82) is 0 Å². The molecule has 4 atom stereocenters. The van der Waals surface area contributed by atoms with Crippen LogP contribution >= 0.6 is 0 Å². The smallest absolute Gasteiger partial charge is 0.178 e. The van der Waals surface area contributed by atoms with E-state index >= 15 is 0 Å². The van der Waals surface area contributed by atoms with E-state index in [4.69, 9.17) is 0 Å². The second-order valence-electron chi connectivity index (χ2n) is 6.83. The molecule has 1 fully saturated rings. The molecular formula is C17H25NO2S. The Morgan fingerprint density at radius 1 is 1.05 bits per heavy atom. The normalized spacial score (nSPS) is 35.1. The maximum absolute atomic E-state index is 12.2. The quantitative estimate of drug-likeness (QED) is 0.911. The van der Waals surface area contributed by atoms with E-state index in [-0.39, 0.29) is 11.8 Å². The van der Waals surface area contributed by atoms with Gasteiger partial charge in [0, 0.05) is 12.1 Å². The summed E-state index contributed by atoms with van der Waals surface area (Å²) in [5.74, 6) is 1.82. The standard InChI is InChI=1S/C17H25NO2S/c1-12-7-8-14(11-13(12)2)18-16-9-10-21(19,20)17-6-4-3-5-15(16)17/h3-6,12-14,16,18H,7-11H2,1-2H3. The fourth-order valence-corrected chi connectivity index (χ4v) is 5.37. The zero-order valence-corrected chi connectivity index (χ0v) is 13.7. The Morgan fingerprint density at radius 2 is 1.81 bits per heavy atom. The van der Waals surface area contributed by atoms with Gasteiger partial charge in [0.25, 0.3) is 0 Å². The molecule has 1 aromatic rings. The van der Waals surface area contributed by atoms with Gasteiger partial charge in [-0.25, -0.2) is 8.42 Å². The highest BCUT2D eigenvalue weighted by molar-refractivity contribution is 7.91. The van der Waals surface area contributed by atoms with E-state index in [2.05, 4.69) is 19.2 Å². The lowest BCUT2D eigenvalue weighted by molar-refractivity contribution is 0.213. The van der Waals surface area contributed by atoms with Crippen molar-refractivity contribution in [2.75, 3.05) is 5.75 Å². The van der Waals surface area contributed by atoms with Crippen LogP contribution < -0.4 is 5.32 Å². The van der Waals surface area contributed by atoms with Crippen LogP contribution in [0.4, 0.5) is 0 Å². The van der Waals surface area contributed by atoms with Crippen molar-refractivity contribution in [3.63, 3.8) is 0 Å². The van der Waals surface area contributed by atoms with Crippen LogP contribution in [-0.4, -0.2) is 20.2 Å². The van der Waals surface area contributed by atoms with Crippen LogP contribution in [0.3, 0.4) is 0 Å². The minimum absolute atomic E-state index is 0.190. The van der Waals surface area contributed by atoms with Gasteiger partial charge in [-0.1, -0.05) is 32.0 Å². The van der Waals surface area contributed by atoms with Crippen LogP contribution in [0.5, 0.6) is 0 Å². The van der Waals surface area contributed by atoms with Gasteiger partial charge in [-0.05, 0) is 49.1 Å². The Balaban J connectivity index is 1.78. The Morgan fingerprint density at radius 3 is 2.57 bits per heavy atom. The molecule has 0 spiro atoms. The average Bonchev–Trinajstić information content (AvgIpc) is 2.46. The van der Waals surface area contributed by atoms with E-state index in [1.807, 2.05) is 18.2 Å². The van der Waals surface area contributed by atoms with E-state index in [0.717, 1.165) is 17.4 Å². The van der Waals surface area contributed by atoms with Crippen LogP contribution in [-0.2, 0) is 9.84 Å². The largest absolute Gasteiger partial charge is 0.307 e. The van der Waals surface area contributed by atoms with Gasteiger partial charge in [-0.2, -0.15) is 0 Å². The summed E-state index contributed by atoms with van der Waals surface area (Å²) in [7, 11) is -3.08. The third-order valence-corrected chi connectivity index (χ3v) is 7.15. The number of sulfone groups is 1. The molecular weight excluding hydrogens is 282 g/mol. The Kier molecular flexibility index (Phi) is 4.10. The minimum atomic E-state index is -3.08. The molecule has 0 amide bonds. The van der Waals surface area contributed by atoms with Gasteiger partial charge in [0.1, 0.15) is 0 Å². The number of fused-ring (bicyclic) bond motifs is 1. The second kappa shape index (κ2) is 5.73. The van der Waals surface area contributed by atoms with E-state index in [0.29, 0.717) is 17.4 Å². The minimum Gasteiger partial charge on any atom is -0.307 e. The lowest BCUT2D eigenvalue weighted by Crippen LogP contribution is -2.40. The van der Waals surface area contributed by atoms with E-state index in [1.165, 1.54) is 19.3 Å². The Labute approximate surface area is 128 Å². The molecule has 3 rings (SSSR count). The number of hydrogen-bond donors (Lipinski definition) is 1. The molecule has 4 heteroatoms. The summed E-state index contributed by atoms with van der Waals surface area (Å²) in [6.07, 6.45) is 4.37. The first-order valence-electron chi connectivity index (χ1n) is 8.05. The lowest BCUT2D eigenvalue weighted by atomic mass is 9.79. The molecule has 3 nitrogen and oxygen atoms in total. The Bertz CT molecular complexity index is 611. The molecule has 0 radical (unpaired) electrons. The molecule has 0 aromatic heterocycles. The summed E-state index contributed by atoms with van der Waals surface area (Å²) in [6.45, 7) is 4.67. The van der Waals surface area contributed by atoms with Crippen LogP contribution in [0, 0.1) is 11.8 Å². The molecule has 1 aliphatic heterocycles. The van der Waals surface area contributed by atoms with Gasteiger partial charge >= 0.3 is 0 Å². The maximum atomic E-state index is 12.2. The summed E-state index contributed by atoms with van der Waals surface area (Å²) >= 11 is 0. The fourth-order valence-electron chi connectivity index (χ4n) is 3.75. The molecule has 1 aromatic carbocycles. The average molecular weight is 307 g/mol. The molecule has 4 unspecified atom stereocenters. The van der Waals surface area contributed by atoms with E-state index in [9.17, 15) is 8.42 Å². The zero-order chi connectivity index (χ0) is 15.0. The molecule has 1 aliphatic carbocycles. The van der Waals surface area contributed by atoms with Gasteiger partial charge in [-0.15, -0.1) is 0 Å². The molecule has 1 heterocycles. The summed E-state index contributed by atoms with van der Waals surface area (Å²) in [5, 5.41) is 3.74. The summed E-state index contributed by atoms with van der Waals surface area (Å²) in [6, 6.07) is 8.21. The summed E-state index contributed by atoms with van der Waals surface area (Å²) < 4.78 is 24.4. The van der Waals surface area contributed by atoms with Crippen molar-refractivity contribution in [2.24, 2.45) is 11.8 Å². The number of benzene rings is 1. The third kappa shape index (κ3) is 3.02. The maximum Gasteiger partial charge on any atom is 0.178 e. The van der Waals surface area contributed by atoms with Gasteiger partial charge in [0.05, 0.1) is 10.6 Å². The number of rotatable bonds is 2. The van der Waals surface area contributed by atoms with Crippen molar-refractivity contribution in [1.82, 2.24) is 5.32 Å². The van der Waals surface area contributed by atoms with Crippen molar-refractivity contribution in [3.05, 3.63) is 29.8 Å². The van der Waals surface area contributed by atoms with Gasteiger partial charge in [0.2, 0.25) is 0 Å². The van der Waals surface area contributed by atoms with Gasteiger partial charge in [0.15, 0.2) is 9.84 Å². The Hall–Kier alpha value is -0.870. The van der Waals surface area contributed by atoms with Crippen LogP contribution in [0.1, 0.15) is 51.1 Å². The van der Waals surface area contributed by atoms with Gasteiger partial charge in [-0.3, -0.25) is 0 Å². The predicted octanol–water partition coefficient (Wildman–Crippen LogP) is 3.32. The van der Waals surface area contributed by atoms with Crippen LogP contribution in [0.15, 0.2) is 29.2 Å².